The third-order valence-corrected chi connectivity index (χ3v) is 14.8. The van der Waals surface area contributed by atoms with Crippen LogP contribution in [0.15, 0.2) is 35.5 Å². The molecule has 1 aliphatic heterocycles. The molecule has 2 bridgehead atoms. The molecule has 1 aromatic rings. The molecule has 0 amide bonds. The number of nitro benzene ring substituents is 1. The van der Waals surface area contributed by atoms with Gasteiger partial charge in [-0.05, 0) is 97.6 Å². The van der Waals surface area contributed by atoms with Crippen molar-refractivity contribution < 1.29 is 186 Å². The summed E-state index contributed by atoms with van der Waals surface area (Å²) in [5.74, 6) is -4.92. The smallest absolute Gasteiger partial charge is 0.726 e. The number of azide groups is 1. The number of anilines is 1. The van der Waals surface area contributed by atoms with Crippen molar-refractivity contribution in [3.8, 4) is 0 Å². The molecular formula is C40H53K2N5O19S2. The molecule has 3 N–H and O–H groups in total. The van der Waals surface area contributed by atoms with E-state index >= 15 is 0 Å². The summed E-state index contributed by atoms with van der Waals surface area (Å²) in [4.78, 5) is 52.8. The number of nitrogens with zero attached hydrogens (tertiary/aromatic N) is 4. The first-order valence-corrected chi connectivity index (χ1v) is 24.1. The average Bonchev–Trinajstić information content (AvgIpc) is 3.38. The molecule has 1 heterocycles. The minimum absolute atomic E-state index is 0. The van der Waals surface area contributed by atoms with Crippen LogP contribution in [0.3, 0.4) is 0 Å². The number of esters is 2. The Hall–Kier alpha value is -1.23. The summed E-state index contributed by atoms with van der Waals surface area (Å²) in [5.41, 5.74) is 7.65. The Balaban J connectivity index is 0.00000504. The van der Waals surface area contributed by atoms with E-state index in [9.17, 15) is 60.7 Å². The zero-order valence-electron chi connectivity index (χ0n) is 38.3. The Morgan fingerprint density at radius 1 is 1.06 bits per heavy atom. The van der Waals surface area contributed by atoms with Crippen molar-refractivity contribution in [2.45, 2.75) is 128 Å². The van der Waals surface area contributed by atoms with Crippen LogP contribution in [0.5, 0.6) is 0 Å². The van der Waals surface area contributed by atoms with Gasteiger partial charge in [-0.3, -0.25) is 32.9 Å². The molecule has 4 saturated carbocycles. The molecule has 1 saturated heterocycles. The Bertz CT molecular complexity index is 2340. The number of hydrogen-bond donors (Lipinski definition) is 3. The van der Waals surface area contributed by atoms with Crippen LogP contribution in [0, 0.1) is 50.5 Å². The van der Waals surface area contributed by atoms with Gasteiger partial charge in [0.2, 0.25) is 20.8 Å². The number of aliphatic hydroxyl groups is 1. The first kappa shape index (κ1) is 59.3. The van der Waals surface area contributed by atoms with E-state index in [2.05, 4.69) is 26.1 Å². The zero-order valence-corrected chi connectivity index (χ0v) is 46.2. The molecule has 13 unspecified atom stereocenters. The van der Waals surface area contributed by atoms with E-state index in [1.165, 1.54) is 12.1 Å². The minimum Gasteiger partial charge on any atom is -0.726 e. The van der Waals surface area contributed by atoms with Gasteiger partial charge < -0.3 is 43.6 Å². The molecule has 68 heavy (non-hydrogen) atoms. The number of aliphatic hydroxyl groups excluding tert-OH is 1. The number of carbonyl (C=O) groups is 3. The van der Waals surface area contributed by atoms with Crippen LogP contribution in [0.1, 0.15) is 85.0 Å². The fourth-order valence-electron chi connectivity index (χ4n) is 11.4. The molecule has 0 aromatic heterocycles. The third kappa shape index (κ3) is 13.9. The molecule has 0 radical (unpaired) electrons. The van der Waals surface area contributed by atoms with Crippen LogP contribution in [0.25, 0.3) is 10.4 Å². The van der Waals surface area contributed by atoms with E-state index in [-0.39, 0.29) is 176 Å². The van der Waals surface area contributed by atoms with Gasteiger partial charge in [0.15, 0.2) is 12.4 Å². The SMILES string of the molecule is C=C1C2CCC3C4(C)CC(OC5OC(COC(=O)CCCNc6ccc(N=[N+]=[N-])cc6[N+](=O)[O-])C(OS(=O)(=O)[O-])C(OS(=O)(=O)[O-])C5OC(=O)CC(C)C)CC(C(=O)O)C4CCC3(C2)C1O.[K+].[K+]. The normalized spacial score (nSPS) is 33.0. The molecule has 1 spiro atoms. The van der Waals surface area contributed by atoms with Crippen molar-refractivity contribution >= 4 is 55.8 Å². The molecule has 4 aliphatic carbocycles. The number of rotatable bonds is 19. The molecule has 6 rings (SSSR count). The average molecular weight is 1050 g/mol. The number of benzene rings is 1. The van der Waals surface area contributed by atoms with E-state index in [4.69, 9.17) is 28.7 Å². The topological polar surface area (TPSA) is 365 Å². The van der Waals surface area contributed by atoms with Gasteiger partial charge in [-0.2, -0.15) is 0 Å². The maximum absolute atomic E-state index is 13.3. The fraction of sp³-hybridized carbons (Fsp3) is 0.725. The van der Waals surface area contributed by atoms with Crippen LogP contribution in [-0.2, 0) is 62.5 Å². The first-order valence-electron chi connectivity index (χ1n) is 21.5. The second-order valence-electron chi connectivity index (χ2n) is 18.4. The minimum atomic E-state index is -5.86. The molecule has 366 valence electrons. The van der Waals surface area contributed by atoms with Crippen molar-refractivity contribution in [1.82, 2.24) is 0 Å². The summed E-state index contributed by atoms with van der Waals surface area (Å²) in [6.07, 6.45) is -10.4. The van der Waals surface area contributed by atoms with E-state index in [1.54, 1.807) is 13.8 Å². The van der Waals surface area contributed by atoms with E-state index in [0.29, 0.717) is 25.7 Å². The van der Waals surface area contributed by atoms with Gasteiger partial charge in [0, 0.05) is 41.5 Å². The number of carboxylic acids is 1. The van der Waals surface area contributed by atoms with Gasteiger partial charge >= 0.3 is 121 Å². The second kappa shape index (κ2) is 24.2. The summed E-state index contributed by atoms with van der Waals surface area (Å²) < 4.78 is 106. The Kier molecular flexibility index (Phi) is 21.1. The fourth-order valence-corrected chi connectivity index (χ4v) is 12.4. The van der Waals surface area contributed by atoms with Gasteiger partial charge in [0.1, 0.15) is 30.6 Å². The number of nitrogens with one attached hydrogen (secondary N) is 1. The number of fused-ring (bicyclic) bond motifs is 3. The van der Waals surface area contributed by atoms with Crippen molar-refractivity contribution in [3.05, 3.63) is 50.9 Å². The van der Waals surface area contributed by atoms with Gasteiger partial charge in [0.05, 0.1) is 23.0 Å². The number of nitro groups is 1. The number of ether oxygens (including phenoxy) is 4. The Morgan fingerprint density at radius 2 is 1.74 bits per heavy atom. The summed E-state index contributed by atoms with van der Waals surface area (Å²) in [7, 11) is -11.7. The standard InChI is InChI=1S/C40H55N5O19S2.2K/c1-20(2)14-32(47)62-35-34(64-66(56,57)58)33(63-65(53,54)55)29(19-59-31(46)6-5-13-42-27-9-8-23(43-44-41)15-28(27)45(51)52)61-38(35)60-24-16-25(37(49)50)26-11-12-40-17-22(21(3)36(40)48)7-10-30(40)39(26,4)18-24;;/h8-9,15,20,22,24-26,29-30,33-36,38,42,48H,3,5-7,10-14,16-19H2,1-2,4H3,(H,49,50)(H,53,54,55)(H,56,57,58);;/q;2*+1/p-2. The predicted octanol–water partition coefficient (Wildman–Crippen LogP) is -1.72. The van der Waals surface area contributed by atoms with E-state index < -0.39 is 116 Å². The molecule has 5 aliphatic rings. The van der Waals surface area contributed by atoms with Crippen LogP contribution < -0.4 is 108 Å². The van der Waals surface area contributed by atoms with E-state index in [1.807, 2.05) is 6.92 Å². The quantitative estimate of drug-likeness (QED) is 0.0113. The summed E-state index contributed by atoms with van der Waals surface area (Å²) in [6.45, 7) is 8.36. The van der Waals surface area contributed by atoms with Gasteiger partial charge in [-0.25, -0.2) is 16.8 Å². The van der Waals surface area contributed by atoms with Crippen LogP contribution in [0.4, 0.5) is 17.1 Å². The van der Waals surface area contributed by atoms with Crippen LogP contribution in [0.2, 0.25) is 0 Å². The van der Waals surface area contributed by atoms with E-state index in [0.717, 1.165) is 18.1 Å². The Labute approximate surface area is 478 Å². The largest absolute Gasteiger partial charge is 1.00 e. The molecule has 5 fully saturated rings. The Morgan fingerprint density at radius 3 is 2.35 bits per heavy atom. The van der Waals surface area contributed by atoms with Gasteiger partial charge in [-0.15, -0.1) is 0 Å². The third-order valence-electron chi connectivity index (χ3n) is 13.9. The molecule has 13 atom stereocenters. The number of aliphatic carboxylic acids is 1. The maximum atomic E-state index is 13.3. The van der Waals surface area contributed by atoms with Crippen molar-refractivity contribution in [3.63, 3.8) is 0 Å². The molecule has 28 heteroatoms. The monoisotopic (exact) mass is 1050 g/mol. The molecule has 1 aromatic carbocycles. The van der Waals surface area contributed by atoms with Gasteiger partial charge in [-0.1, -0.05) is 38.5 Å². The van der Waals surface area contributed by atoms with Crippen molar-refractivity contribution in [2.75, 3.05) is 18.5 Å². The number of hydrogen-bond acceptors (Lipinski definition) is 20. The second-order valence-corrected chi connectivity index (χ2v) is 20.4. The predicted molar refractivity (Wildman–Crippen MR) is 222 cm³/mol. The number of carbonyl (C=O) groups excluding carboxylic acids is 2. The van der Waals surface area contributed by atoms with Crippen molar-refractivity contribution in [2.24, 2.45) is 45.5 Å². The molecular weight excluding hydrogens is 997 g/mol. The first-order chi connectivity index (χ1) is 30.9. The maximum Gasteiger partial charge on any atom is 1.00 e. The number of carboxylic acid groups (broad SMARTS) is 1. The van der Waals surface area contributed by atoms with Gasteiger partial charge in [0.25, 0.3) is 5.69 Å². The van der Waals surface area contributed by atoms with Crippen LogP contribution in [-0.4, -0.2) is 115 Å². The summed E-state index contributed by atoms with van der Waals surface area (Å²) in [5, 5.41) is 39.9. The summed E-state index contributed by atoms with van der Waals surface area (Å²) in [6, 6.07) is 3.64. The van der Waals surface area contributed by atoms with Crippen LogP contribution >= 0.6 is 0 Å². The zero-order chi connectivity index (χ0) is 48.5. The van der Waals surface area contributed by atoms with Crippen molar-refractivity contribution in [1.29, 1.82) is 0 Å². The summed E-state index contributed by atoms with van der Waals surface area (Å²) >= 11 is 0. The molecule has 24 nitrogen and oxygen atoms in total.